The molecular weight excluding hydrogens is 507 g/mol. The summed E-state index contributed by atoms with van der Waals surface area (Å²) in [5, 5.41) is 19.0. The summed E-state index contributed by atoms with van der Waals surface area (Å²) in [5.74, 6) is -5.44. The van der Waals surface area contributed by atoms with Gasteiger partial charge in [0.05, 0.1) is 17.0 Å². The van der Waals surface area contributed by atoms with Crippen LogP contribution in [0.1, 0.15) is 20.8 Å². The van der Waals surface area contributed by atoms with Gasteiger partial charge in [0.2, 0.25) is 16.4 Å². The van der Waals surface area contributed by atoms with Gasteiger partial charge in [-0.25, -0.2) is 27.1 Å². The lowest BCUT2D eigenvalue weighted by Crippen LogP contribution is -2.46. The predicted molar refractivity (Wildman–Crippen MR) is 121 cm³/mol. The van der Waals surface area contributed by atoms with Crippen molar-refractivity contribution in [2.75, 3.05) is 26.7 Å². The molecule has 0 aliphatic rings. The van der Waals surface area contributed by atoms with E-state index in [4.69, 9.17) is 14.7 Å². The van der Waals surface area contributed by atoms with Crippen molar-refractivity contribution < 1.29 is 46.2 Å². The van der Waals surface area contributed by atoms with Crippen LogP contribution >= 0.6 is 0 Å². The Morgan fingerprint density at radius 1 is 1.08 bits per heavy atom. The minimum Gasteiger partial charge on any atom is -0.451 e. The Kier molecular flexibility index (Phi) is 9.82. The molecule has 1 amide bonds. The highest BCUT2D eigenvalue weighted by atomic mass is 32.2. The first kappa shape index (κ1) is 29.5. The van der Waals surface area contributed by atoms with Crippen LogP contribution in [0.3, 0.4) is 0 Å². The number of hydrogen-bond acceptors (Lipinski definition) is 8. The minimum absolute atomic E-state index is 0.0925. The predicted octanol–water partition coefficient (Wildman–Crippen LogP) is 2.42. The maximum atomic E-state index is 14.7. The van der Waals surface area contributed by atoms with E-state index in [-0.39, 0.29) is 12.3 Å². The van der Waals surface area contributed by atoms with Crippen molar-refractivity contribution in [3.8, 4) is 11.5 Å². The normalized spacial score (nSPS) is 13.2. The molecular formula is C22H28F3N3O7S. The maximum Gasteiger partial charge on any atom is 0.258 e. The molecule has 14 heteroatoms. The monoisotopic (exact) mass is 535 g/mol. The molecule has 0 radical (unpaired) electrons. The van der Waals surface area contributed by atoms with Gasteiger partial charge in [-0.3, -0.25) is 14.9 Å². The summed E-state index contributed by atoms with van der Waals surface area (Å²) in [6.07, 6.45) is -1.42. The van der Waals surface area contributed by atoms with Crippen molar-refractivity contribution >= 4 is 15.9 Å². The second-order valence-electron chi connectivity index (χ2n) is 8.68. The lowest BCUT2D eigenvalue weighted by atomic mass is 10.2. The highest BCUT2D eigenvalue weighted by Crippen LogP contribution is 2.31. The Labute approximate surface area is 206 Å². The van der Waals surface area contributed by atoms with E-state index in [9.17, 15) is 31.5 Å². The lowest BCUT2D eigenvalue weighted by Gasteiger charge is -2.31. The van der Waals surface area contributed by atoms with Gasteiger partial charge in [0, 0.05) is 13.1 Å². The van der Waals surface area contributed by atoms with Gasteiger partial charge in [-0.15, -0.1) is 0 Å². The molecule has 2 aromatic rings. The number of ether oxygens (including phenoxy) is 2. The molecule has 0 heterocycles. The highest BCUT2D eigenvalue weighted by Gasteiger charge is 2.30. The average Bonchev–Trinajstić information content (AvgIpc) is 2.78. The first-order valence-electron chi connectivity index (χ1n) is 10.6. The number of nitrogens with zero attached hydrogens (tertiary/aromatic N) is 2. The molecule has 0 aliphatic heterocycles. The van der Waals surface area contributed by atoms with E-state index in [2.05, 4.69) is 0 Å². The topological polar surface area (TPSA) is 129 Å². The molecule has 2 rings (SSSR count). The summed E-state index contributed by atoms with van der Waals surface area (Å²) in [5.41, 5.74) is 0.577. The average molecular weight is 536 g/mol. The van der Waals surface area contributed by atoms with Crippen LogP contribution in [0.2, 0.25) is 0 Å². The second-order valence-corrected chi connectivity index (χ2v) is 10.6. The number of aliphatic hydroxyl groups is 1. The number of hydroxylamine groups is 1. The van der Waals surface area contributed by atoms with Crippen LogP contribution in [0.15, 0.2) is 41.3 Å². The summed E-state index contributed by atoms with van der Waals surface area (Å²) < 4.78 is 79.7. The van der Waals surface area contributed by atoms with Crippen LogP contribution < -0.4 is 10.2 Å². The van der Waals surface area contributed by atoms with Crippen LogP contribution in [0.5, 0.6) is 11.5 Å². The van der Waals surface area contributed by atoms with Crippen molar-refractivity contribution in [2.45, 2.75) is 37.7 Å². The molecule has 2 aromatic carbocycles. The van der Waals surface area contributed by atoms with Crippen LogP contribution in [0.25, 0.3) is 0 Å². The number of carbonyl (C=O) groups is 1. The zero-order chi connectivity index (χ0) is 27.3. The number of rotatable bonds is 11. The fourth-order valence-electron chi connectivity index (χ4n) is 2.82. The molecule has 1 unspecified atom stereocenters. The second kappa shape index (κ2) is 12.0. The molecule has 0 aromatic heterocycles. The van der Waals surface area contributed by atoms with Crippen molar-refractivity contribution in [1.29, 1.82) is 0 Å². The zero-order valence-electron chi connectivity index (χ0n) is 20.0. The Bertz CT molecular complexity index is 1140. The molecule has 10 nitrogen and oxygen atoms in total. The van der Waals surface area contributed by atoms with E-state index in [0.29, 0.717) is 16.4 Å². The number of likely N-dealkylation sites (N-methyl/N-ethyl adjacent to an activating group) is 1. The largest absolute Gasteiger partial charge is 0.451 e. The Morgan fingerprint density at radius 3 is 2.14 bits per heavy atom. The number of benzene rings is 2. The summed E-state index contributed by atoms with van der Waals surface area (Å²) in [6, 6.07) is 5.28. The molecule has 0 spiro atoms. The number of aliphatic hydroxyl groups excluding tert-OH is 1. The van der Waals surface area contributed by atoms with Crippen LogP contribution in [0, 0.1) is 17.5 Å². The summed E-state index contributed by atoms with van der Waals surface area (Å²) in [7, 11) is -3.25. The number of nitrogens with one attached hydrogen (secondary N) is 1. The number of carbonyl (C=O) groups excluding carboxylic acids is 1. The van der Waals surface area contributed by atoms with Gasteiger partial charge >= 0.3 is 0 Å². The Balaban J connectivity index is 2.30. The summed E-state index contributed by atoms with van der Waals surface area (Å²) >= 11 is 0. The van der Waals surface area contributed by atoms with E-state index in [1.54, 1.807) is 20.8 Å². The lowest BCUT2D eigenvalue weighted by molar-refractivity contribution is -0.232. The molecule has 200 valence electrons. The van der Waals surface area contributed by atoms with E-state index >= 15 is 0 Å². The fourth-order valence-corrected chi connectivity index (χ4v) is 4.23. The fraction of sp³-hybridized carbons (Fsp3) is 0.409. The van der Waals surface area contributed by atoms with Crippen LogP contribution in [-0.2, 0) is 19.6 Å². The van der Waals surface area contributed by atoms with Crippen molar-refractivity contribution in [3.63, 3.8) is 0 Å². The summed E-state index contributed by atoms with van der Waals surface area (Å²) in [6.45, 7) is 3.61. The number of halogens is 3. The molecule has 0 bridgehead atoms. The van der Waals surface area contributed by atoms with E-state index in [1.807, 2.05) is 0 Å². The quantitative estimate of drug-likeness (QED) is 0.227. The van der Waals surface area contributed by atoms with Gasteiger partial charge < -0.3 is 14.6 Å². The van der Waals surface area contributed by atoms with Crippen molar-refractivity contribution in [3.05, 3.63) is 53.8 Å². The maximum absolute atomic E-state index is 14.7. The van der Waals surface area contributed by atoms with E-state index in [0.717, 1.165) is 24.3 Å². The number of amides is 1. The van der Waals surface area contributed by atoms with Crippen molar-refractivity contribution in [1.82, 2.24) is 14.7 Å². The van der Waals surface area contributed by atoms with Gasteiger partial charge in [0.1, 0.15) is 11.6 Å². The van der Waals surface area contributed by atoms with Gasteiger partial charge in [0.15, 0.2) is 17.4 Å². The third kappa shape index (κ3) is 8.15. The highest BCUT2D eigenvalue weighted by molar-refractivity contribution is 7.89. The van der Waals surface area contributed by atoms with Gasteiger partial charge in [-0.1, -0.05) is 0 Å². The number of hydrogen-bond donors (Lipinski definition) is 3. The standard InChI is InChI=1S/C22H28F3N3O7S/c1-22(2,3)35-21(30)27(4)9-10-28(13-19(29)26-31)36(32,33)16-11-17(24)20(18(25)12-16)34-15-7-5-14(23)6-8-15/h5-8,11-12,21,30-31H,9-10,13H2,1-4H3,(H,26,29). The molecule has 3 N–H and O–H groups in total. The number of sulfonamides is 1. The third-order valence-electron chi connectivity index (χ3n) is 4.63. The van der Waals surface area contributed by atoms with Crippen LogP contribution in [-0.4, -0.2) is 72.5 Å². The third-order valence-corrected chi connectivity index (χ3v) is 6.45. The molecule has 0 aliphatic carbocycles. The minimum atomic E-state index is -4.68. The SMILES string of the molecule is CN(CCN(CC(=O)NO)S(=O)(=O)c1cc(F)c(Oc2ccc(F)cc2)c(F)c1)C(O)OC(C)(C)C. The summed E-state index contributed by atoms with van der Waals surface area (Å²) in [4.78, 5) is 12.1. The first-order valence-corrected chi connectivity index (χ1v) is 12.0. The van der Waals surface area contributed by atoms with Gasteiger partial charge in [0.25, 0.3) is 5.91 Å². The molecule has 0 saturated carbocycles. The smallest absolute Gasteiger partial charge is 0.258 e. The molecule has 0 fully saturated rings. The molecule has 1 atom stereocenters. The van der Waals surface area contributed by atoms with Gasteiger partial charge in [-0.05, 0) is 64.2 Å². The first-order chi connectivity index (χ1) is 16.6. The van der Waals surface area contributed by atoms with E-state index < -0.39 is 69.1 Å². The molecule has 0 saturated heterocycles. The van der Waals surface area contributed by atoms with Crippen molar-refractivity contribution in [2.24, 2.45) is 0 Å². The zero-order valence-corrected chi connectivity index (χ0v) is 20.9. The van der Waals surface area contributed by atoms with Gasteiger partial charge in [-0.2, -0.15) is 4.31 Å². The van der Waals surface area contributed by atoms with Crippen LogP contribution in [0.4, 0.5) is 13.2 Å². The Morgan fingerprint density at radius 2 is 1.64 bits per heavy atom. The van der Waals surface area contributed by atoms with E-state index in [1.165, 1.54) is 17.4 Å². The Hall–Kier alpha value is -2.75. The molecule has 36 heavy (non-hydrogen) atoms.